The number of hydrogen-bond acceptors (Lipinski definition) is 6. The van der Waals surface area contributed by atoms with Crippen molar-refractivity contribution in [3.8, 4) is 5.75 Å². The normalized spacial score (nSPS) is 22.3. The number of nitrogens with zero attached hydrogens (tertiary/aromatic N) is 3. The molecule has 1 aromatic carbocycles. The second-order valence-electron chi connectivity index (χ2n) is 9.12. The standard InChI is InChI=1S/C22H33ClN4O5S/c1-25-9-11-26(12-10-25)20(28)14-22(17-32-19-6-3-5-18(23)13-19)7-4-8-27(16-22)21(29)15-24-33(2,30)31/h3,5-6,13,24H,4,7-12,14-17H2,1-2H3/t22-/m1/s1. The average Bonchev–Trinajstić information content (AvgIpc) is 2.76. The van der Waals surface area contributed by atoms with E-state index in [1.165, 1.54) is 0 Å². The van der Waals surface area contributed by atoms with E-state index in [1.807, 2.05) is 18.0 Å². The first-order valence-corrected chi connectivity index (χ1v) is 13.4. The summed E-state index contributed by atoms with van der Waals surface area (Å²) < 4.78 is 31.1. The van der Waals surface area contributed by atoms with Gasteiger partial charge in [0.1, 0.15) is 5.75 Å². The molecular formula is C22H33ClN4O5S. The van der Waals surface area contributed by atoms with Crippen molar-refractivity contribution in [1.29, 1.82) is 0 Å². The highest BCUT2D eigenvalue weighted by Crippen LogP contribution is 2.35. The molecule has 2 fully saturated rings. The van der Waals surface area contributed by atoms with Crippen molar-refractivity contribution in [3.05, 3.63) is 29.3 Å². The molecule has 2 saturated heterocycles. The van der Waals surface area contributed by atoms with Gasteiger partial charge >= 0.3 is 0 Å². The third-order valence-electron chi connectivity index (χ3n) is 6.22. The number of halogens is 1. The maximum atomic E-state index is 13.2. The van der Waals surface area contributed by atoms with Crippen LogP contribution in [0.3, 0.4) is 0 Å². The lowest BCUT2D eigenvalue weighted by Crippen LogP contribution is -2.54. The number of likely N-dealkylation sites (tertiary alicyclic amines) is 1. The summed E-state index contributed by atoms with van der Waals surface area (Å²) in [5, 5.41) is 0.558. The molecule has 0 radical (unpaired) electrons. The number of amides is 2. The summed E-state index contributed by atoms with van der Waals surface area (Å²) in [4.78, 5) is 31.6. The van der Waals surface area contributed by atoms with Gasteiger partial charge in [-0.3, -0.25) is 9.59 Å². The molecule has 184 valence electrons. The Morgan fingerprint density at radius 1 is 1.12 bits per heavy atom. The van der Waals surface area contributed by atoms with Gasteiger partial charge in [-0.2, -0.15) is 0 Å². The molecule has 2 aliphatic rings. The molecule has 1 atom stereocenters. The molecular weight excluding hydrogens is 468 g/mol. The fourth-order valence-corrected chi connectivity index (χ4v) is 4.89. The molecule has 1 N–H and O–H groups in total. The minimum atomic E-state index is -3.47. The van der Waals surface area contributed by atoms with Gasteiger partial charge in [0, 0.05) is 56.1 Å². The van der Waals surface area contributed by atoms with Gasteiger partial charge in [-0.05, 0) is 38.1 Å². The maximum Gasteiger partial charge on any atom is 0.237 e. The second kappa shape index (κ2) is 11.0. The predicted octanol–water partition coefficient (Wildman–Crippen LogP) is 1.04. The van der Waals surface area contributed by atoms with E-state index in [4.69, 9.17) is 16.3 Å². The van der Waals surface area contributed by atoms with Crippen molar-refractivity contribution in [3.63, 3.8) is 0 Å². The van der Waals surface area contributed by atoms with E-state index in [1.54, 1.807) is 23.1 Å². The van der Waals surface area contributed by atoms with E-state index in [9.17, 15) is 18.0 Å². The lowest BCUT2D eigenvalue weighted by Gasteiger charge is -2.43. The lowest BCUT2D eigenvalue weighted by molar-refractivity contribution is -0.141. The Kier molecular flexibility index (Phi) is 8.60. The monoisotopic (exact) mass is 500 g/mol. The van der Waals surface area contributed by atoms with Crippen LogP contribution in [-0.2, 0) is 19.6 Å². The van der Waals surface area contributed by atoms with Gasteiger partial charge in [0.05, 0.1) is 19.4 Å². The molecule has 3 rings (SSSR count). The average molecular weight is 501 g/mol. The van der Waals surface area contributed by atoms with Crippen molar-refractivity contribution in [2.75, 3.05) is 65.7 Å². The number of ether oxygens (including phenoxy) is 1. The van der Waals surface area contributed by atoms with Crippen molar-refractivity contribution < 1.29 is 22.7 Å². The Bertz CT molecular complexity index is 952. The largest absolute Gasteiger partial charge is 0.493 e. The van der Waals surface area contributed by atoms with Crippen LogP contribution in [0, 0.1) is 5.41 Å². The highest BCUT2D eigenvalue weighted by Gasteiger charge is 2.41. The van der Waals surface area contributed by atoms with E-state index in [2.05, 4.69) is 9.62 Å². The van der Waals surface area contributed by atoms with Crippen LogP contribution in [-0.4, -0.2) is 101 Å². The van der Waals surface area contributed by atoms with Crippen molar-refractivity contribution >= 4 is 33.4 Å². The van der Waals surface area contributed by atoms with Crippen LogP contribution < -0.4 is 9.46 Å². The number of piperidine rings is 1. The number of nitrogens with one attached hydrogen (secondary N) is 1. The molecule has 11 heteroatoms. The second-order valence-corrected chi connectivity index (χ2v) is 11.4. The number of rotatable bonds is 8. The van der Waals surface area contributed by atoms with Crippen LogP contribution in [0.1, 0.15) is 19.3 Å². The molecule has 0 bridgehead atoms. The number of carbonyl (C=O) groups is 2. The molecule has 1 aromatic rings. The summed E-state index contributed by atoms with van der Waals surface area (Å²) in [6.07, 6.45) is 2.73. The molecule has 2 aliphatic heterocycles. The van der Waals surface area contributed by atoms with E-state index < -0.39 is 15.4 Å². The maximum absolute atomic E-state index is 13.2. The minimum Gasteiger partial charge on any atom is -0.493 e. The van der Waals surface area contributed by atoms with Gasteiger partial charge in [-0.1, -0.05) is 17.7 Å². The van der Waals surface area contributed by atoms with Gasteiger partial charge < -0.3 is 19.4 Å². The zero-order valence-corrected chi connectivity index (χ0v) is 20.8. The summed E-state index contributed by atoms with van der Waals surface area (Å²) in [6, 6.07) is 7.09. The van der Waals surface area contributed by atoms with Gasteiger partial charge in [0.15, 0.2) is 0 Å². The molecule has 0 unspecified atom stereocenters. The number of hydrogen-bond donors (Lipinski definition) is 1. The van der Waals surface area contributed by atoms with E-state index in [0.29, 0.717) is 43.4 Å². The molecule has 0 aromatic heterocycles. The Hall–Kier alpha value is -1.88. The molecule has 2 heterocycles. The zero-order valence-electron chi connectivity index (χ0n) is 19.3. The summed E-state index contributed by atoms with van der Waals surface area (Å²) in [6.45, 7) is 3.85. The summed E-state index contributed by atoms with van der Waals surface area (Å²) in [5.74, 6) is 0.358. The topological polar surface area (TPSA) is 99.3 Å². The Morgan fingerprint density at radius 2 is 1.85 bits per heavy atom. The summed E-state index contributed by atoms with van der Waals surface area (Å²) in [7, 11) is -1.44. The van der Waals surface area contributed by atoms with Gasteiger partial charge in [0.2, 0.25) is 21.8 Å². The number of likely N-dealkylation sites (N-methyl/N-ethyl adjacent to an activating group) is 1. The van der Waals surface area contributed by atoms with Gasteiger partial charge in [-0.15, -0.1) is 0 Å². The zero-order chi connectivity index (χ0) is 24.1. The van der Waals surface area contributed by atoms with Crippen LogP contribution in [0.2, 0.25) is 5.02 Å². The third-order valence-corrected chi connectivity index (χ3v) is 7.13. The highest BCUT2D eigenvalue weighted by atomic mass is 35.5. The molecule has 0 aliphatic carbocycles. The van der Waals surface area contributed by atoms with Crippen LogP contribution in [0.25, 0.3) is 0 Å². The molecule has 0 spiro atoms. The number of carbonyl (C=O) groups excluding carboxylic acids is 2. The highest BCUT2D eigenvalue weighted by molar-refractivity contribution is 7.88. The van der Waals surface area contributed by atoms with Crippen LogP contribution in [0.15, 0.2) is 24.3 Å². The van der Waals surface area contributed by atoms with Crippen LogP contribution in [0.4, 0.5) is 0 Å². The molecule has 9 nitrogen and oxygen atoms in total. The van der Waals surface area contributed by atoms with Crippen LogP contribution in [0.5, 0.6) is 5.75 Å². The Morgan fingerprint density at radius 3 is 2.52 bits per heavy atom. The first-order chi connectivity index (χ1) is 15.6. The van der Waals surface area contributed by atoms with Crippen molar-refractivity contribution in [1.82, 2.24) is 19.4 Å². The van der Waals surface area contributed by atoms with Gasteiger partial charge in [0.25, 0.3) is 0 Å². The Balaban J connectivity index is 1.73. The smallest absolute Gasteiger partial charge is 0.237 e. The van der Waals surface area contributed by atoms with E-state index in [0.717, 1.165) is 25.8 Å². The third kappa shape index (κ3) is 7.84. The quantitative estimate of drug-likeness (QED) is 0.572. The Labute approximate surface area is 201 Å². The fourth-order valence-electron chi connectivity index (χ4n) is 4.32. The number of piperazine rings is 1. The summed E-state index contributed by atoms with van der Waals surface area (Å²) >= 11 is 6.08. The minimum absolute atomic E-state index is 0.0568. The fraction of sp³-hybridized carbons (Fsp3) is 0.636. The molecule has 2 amide bonds. The SMILES string of the molecule is CN1CCN(C(=O)C[C@]2(COc3cccc(Cl)c3)CCCN(C(=O)CNS(C)(=O)=O)C2)CC1. The first-order valence-electron chi connectivity index (χ1n) is 11.1. The summed E-state index contributed by atoms with van der Waals surface area (Å²) in [5.41, 5.74) is -0.568. The lowest BCUT2D eigenvalue weighted by atomic mass is 9.77. The predicted molar refractivity (Wildman–Crippen MR) is 127 cm³/mol. The first kappa shape index (κ1) is 25.7. The molecule has 33 heavy (non-hydrogen) atoms. The van der Waals surface area contributed by atoms with Crippen molar-refractivity contribution in [2.24, 2.45) is 5.41 Å². The van der Waals surface area contributed by atoms with Crippen molar-refractivity contribution in [2.45, 2.75) is 19.3 Å². The number of benzene rings is 1. The van der Waals surface area contributed by atoms with Crippen LogP contribution >= 0.6 is 11.6 Å². The van der Waals surface area contributed by atoms with E-state index >= 15 is 0 Å². The number of sulfonamides is 1. The van der Waals surface area contributed by atoms with Gasteiger partial charge in [-0.25, -0.2) is 13.1 Å². The molecule has 0 saturated carbocycles. The van der Waals surface area contributed by atoms with E-state index in [-0.39, 0.29) is 31.4 Å².